The van der Waals surface area contributed by atoms with E-state index in [9.17, 15) is 9.59 Å². The van der Waals surface area contributed by atoms with Crippen LogP contribution < -0.4 is 5.32 Å². The Bertz CT molecular complexity index is 299. The lowest BCUT2D eigenvalue weighted by Gasteiger charge is -2.30. The average Bonchev–Trinajstić information content (AvgIpc) is 2.18. The summed E-state index contributed by atoms with van der Waals surface area (Å²) in [4.78, 5) is 26.2. The molecule has 0 atom stereocenters. The highest BCUT2D eigenvalue weighted by Gasteiger charge is 2.18. The Labute approximate surface area is 89.7 Å². The van der Waals surface area contributed by atoms with Crippen molar-refractivity contribution in [3.63, 3.8) is 0 Å². The van der Waals surface area contributed by atoms with Crippen molar-refractivity contribution in [3.05, 3.63) is 11.9 Å². The van der Waals surface area contributed by atoms with E-state index in [0.717, 1.165) is 13.1 Å². The molecule has 5 heteroatoms. The van der Waals surface area contributed by atoms with Crippen molar-refractivity contribution in [2.45, 2.75) is 6.92 Å². The van der Waals surface area contributed by atoms with Crippen molar-refractivity contribution in [1.29, 1.82) is 0 Å². The predicted octanol–water partition coefficient (Wildman–Crippen LogP) is -0.590. The van der Waals surface area contributed by atoms with Gasteiger partial charge in [0.15, 0.2) is 0 Å². The third-order valence-electron chi connectivity index (χ3n) is 2.27. The second kappa shape index (κ2) is 4.82. The van der Waals surface area contributed by atoms with Gasteiger partial charge in [-0.3, -0.25) is 9.59 Å². The minimum Gasteiger partial charge on any atom is -0.377 e. The molecule has 0 aromatic rings. The van der Waals surface area contributed by atoms with Crippen molar-refractivity contribution in [3.8, 4) is 0 Å². The van der Waals surface area contributed by atoms with Gasteiger partial charge in [0.1, 0.15) is 11.5 Å². The summed E-state index contributed by atoms with van der Waals surface area (Å²) in [7, 11) is 3.79. The van der Waals surface area contributed by atoms with E-state index in [2.05, 4.69) is 5.32 Å². The molecule has 1 rings (SSSR count). The van der Waals surface area contributed by atoms with Gasteiger partial charge in [-0.2, -0.15) is 0 Å². The first-order valence-corrected chi connectivity index (χ1v) is 4.91. The first-order valence-electron chi connectivity index (χ1n) is 4.91. The van der Waals surface area contributed by atoms with E-state index in [-0.39, 0.29) is 18.2 Å². The summed E-state index contributed by atoms with van der Waals surface area (Å²) in [5.74, 6) is -0.241. The zero-order valence-electron chi connectivity index (χ0n) is 9.41. The van der Waals surface area contributed by atoms with Gasteiger partial charge in [0, 0.05) is 33.4 Å². The topological polar surface area (TPSA) is 52.7 Å². The Kier molecular flexibility index (Phi) is 3.71. The van der Waals surface area contributed by atoms with Gasteiger partial charge in [-0.25, -0.2) is 0 Å². The molecule has 1 N–H and O–H groups in total. The lowest BCUT2D eigenvalue weighted by atomic mass is 10.3. The number of Topliss-reactive ketones (excluding diaryl/α,β-unsaturated/α-hetero) is 1. The standard InChI is InChI=1S/C10H17N3O2/c1-8(14)6-11-10(15)9-7-12(2)4-5-13(9)3/h7H,4-6H2,1-3H3,(H,11,15). The second-order valence-corrected chi connectivity index (χ2v) is 3.80. The van der Waals surface area contributed by atoms with Crippen LogP contribution >= 0.6 is 0 Å². The molecule has 84 valence electrons. The number of ketones is 1. The maximum atomic E-state index is 11.7. The maximum absolute atomic E-state index is 11.7. The number of nitrogens with zero attached hydrogens (tertiary/aromatic N) is 2. The van der Waals surface area contributed by atoms with Crippen LogP contribution in [0.1, 0.15) is 6.92 Å². The number of carbonyl (C=O) groups excluding carboxylic acids is 2. The van der Waals surface area contributed by atoms with Crippen molar-refractivity contribution in [2.75, 3.05) is 33.7 Å². The van der Waals surface area contributed by atoms with Gasteiger partial charge in [-0.15, -0.1) is 0 Å². The fourth-order valence-corrected chi connectivity index (χ4v) is 1.33. The molecule has 0 saturated heterocycles. The molecule has 1 aliphatic heterocycles. The first-order chi connectivity index (χ1) is 7.00. The number of rotatable bonds is 3. The highest BCUT2D eigenvalue weighted by atomic mass is 16.2. The lowest BCUT2D eigenvalue weighted by Crippen LogP contribution is -2.41. The van der Waals surface area contributed by atoms with Gasteiger partial charge < -0.3 is 15.1 Å². The number of amides is 1. The third-order valence-corrected chi connectivity index (χ3v) is 2.27. The van der Waals surface area contributed by atoms with Crippen LogP contribution in [0.3, 0.4) is 0 Å². The lowest BCUT2D eigenvalue weighted by molar-refractivity contribution is -0.123. The van der Waals surface area contributed by atoms with Gasteiger partial charge in [0.25, 0.3) is 5.91 Å². The third kappa shape index (κ3) is 3.27. The molecular weight excluding hydrogens is 194 g/mol. The van der Waals surface area contributed by atoms with E-state index >= 15 is 0 Å². The summed E-state index contributed by atoms with van der Waals surface area (Å²) in [5, 5.41) is 2.58. The minimum absolute atomic E-state index is 0.0456. The number of carbonyl (C=O) groups is 2. The van der Waals surface area contributed by atoms with Crippen LogP contribution in [0.4, 0.5) is 0 Å². The van der Waals surface area contributed by atoms with E-state index < -0.39 is 0 Å². The summed E-state index contributed by atoms with van der Waals surface area (Å²) >= 11 is 0. The summed E-state index contributed by atoms with van der Waals surface area (Å²) in [6.45, 7) is 3.26. The molecule has 0 spiro atoms. The molecule has 0 radical (unpaired) electrons. The van der Waals surface area contributed by atoms with Gasteiger partial charge >= 0.3 is 0 Å². The van der Waals surface area contributed by atoms with Crippen LogP contribution in [0.2, 0.25) is 0 Å². The molecule has 15 heavy (non-hydrogen) atoms. The molecule has 0 bridgehead atoms. The minimum atomic E-state index is -0.195. The van der Waals surface area contributed by atoms with Gasteiger partial charge in [-0.1, -0.05) is 0 Å². The normalized spacial score (nSPS) is 16.1. The fraction of sp³-hybridized carbons (Fsp3) is 0.600. The van der Waals surface area contributed by atoms with Crippen LogP contribution in [0, 0.1) is 0 Å². The van der Waals surface area contributed by atoms with Crippen LogP contribution in [-0.2, 0) is 9.59 Å². The number of nitrogens with one attached hydrogen (secondary N) is 1. The van der Waals surface area contributed by atoms with Crippen LogP contribution in [-0.4, -0.2) is 55.2 Å². The Hall–Kier alpha value is -1.52. The van der Waals surface area contributed by atoms with E-state index in [0.29, 0.717) is 5.70 Å². The Morgan fingerprint density at radius 1 is 1.40 bits per heavy atom. The molecular formula is C10H17N3O2. The van der Waals surface area contributed by atoms with E-state index in [4.69, 9.17) is 0 Å². The average molecular weight is 211 g/mol. The highest BCUT2D eigenvalue weighted by Crippen LogP contribution is 2.08. The maximum Gasteiger partial charge on any atom is 0.269 e. The SMILES string of the molecule is CC(=O)CNC(=O)C1=CN(C)CCN1C. The molecule has 5 nitrogen and oxygen atoms in total. The Morgan fingerprint density at radius 2 is 2.07 bits per heavy atom. The predicted molar refractivity (Wildman–Crippen MR) is 57.0 cm³/mol. The molecule has 0 aromatic heterocycles. The first kappa shape index (κ1) is 11.6. The molecule has 0 saturated carbocycles. The monoisotopic (exact) mass is 211 g/mol. The molecule has 1 heterocycles. The summed E-state index contributed by atoms with van der Waals surface area (Å²) in [6, 6.07) is 0. The van der Waals surface area contributed by atoms with Crippen molar-refractivity contribution < 1.29 is 9.59 Å². The second-order valence-electron chi connectivity index (χ2n) is 3.80. The van der Waals surface area contributed by atoms with Crippen molar-refractivity contribution in [2.24, 2.45) is 0 Å². The Morgan fingerprint density at radius 3 is 2.67 bits per heavy atom. The van der Waals surface area contributed by atoms with Gasteiger partial charge in [0.05, 0.1) is 6.54 Å². The van der Waals surface area contributed by atoms with Gasteiger partial charge in [0.2, 0.25) is 0 Å². The number of hydrogen-bond acceptors (Lipinski definition) is 4. The fourth-order valence-electron chi connectivity index (χ4n) is 1.33. The molecule has 0 fully saturated rings. The van der Waals surface area contributed by atoms with Crippen LogP contribution in [0.25, 0.3) is 0 Å². The van der Waals surface area contributed by atoms with Crippen molar-refractivity contribution >= 4 is 11.7 Å². The van der Waals surface area contributed by atoms with E-state index in [1.807, 2.05) is 23.9 Å². The molecule has 0 aromatic carbocycles. The van der Waals surface area contributed by atoms with Gasteiger partial charge in [-0.05, 0) is 6.92 Å². The Balaban J connectivity index is 2.60. The van der Waals surface area contributed by atoms with Crippen LogP contribution in [0.15, 0.2) is 11.9 Å². The van der Waals surface area contributed by atoms with E-state index in [1.54, 1.807) is 6.20 Å². The number of hydrogen-bond donors (Lipinski definition) is 1. The smallest absolute Gasteiger partial charge is 0.269 e. The summed E-state index contributed by atoms with van der Waals surface area (Å²) in [5.41, 5.74) is 0.602. The summed E-state index contributed by atoms with van der Waals surface area (Å²) in [6.07, 6.45) is 1.79. The largest absolute Gasteiger partial charge is 0.377 e. The van der Waals surface area contributed by atoms with E-state index in [1.165, 1.54) is 6.92 Å². The van der Waals surface area contributed by atoms with Crippen LogP contribution in [0.5, 0.6) is 0 Å². The molecule has 1 amide bonds. The van der Waals surface area contributed by atoms with Crippen molar-refractivity contribution in [1.82, 2.24) is 15.1 Å². The number of likely N-dealkylation sites (N-methyl/N-ethyl adjacent to an activating group) is 2. The summed E-state index contributed by atoms with van der Waals surface area (Å²) < 4.78 is 0. The molecule has 0 unspecified atom stereocenters. The zero-order valence-corrected chi connectivity index (χ0v) is 9.41. The molecule has 0 aliphatic carbocycles. The highest BCUT2D eigenvalue weighted by molar-refractivity contribution is 5.95. The quantitative estimate of drug-likeness (QED) is 0.678. The zero-order chi connectivity index (χ0) is 11.4. The molecule has 1 aliphatic rings.